The van der Waals surface area contributed by atoms with Gasteiger partial charge >= 0.3 is 0 Å². The molecule has 0 aliphatic heterocycles. The van der Waals surface area contributed by atoms with E-state index in [1.807, 2.05) is 25.3 Å². The molecule has 0 saturated carbocycles. The lowest BCUT2D eigenvalue weighted by Gasteiger charge is -2.02. The van der Waals surface area contributed by atoms with Crippen LogP contribution >= 0.6 is 0 Å². The Labute approximate surface area is 81.3 Å². The second-order valence-electron chi connectivity index (χ2n) is 3.00. The Hall–Kier alpha value is -1.84. The number of hydrogen-bond acceptors (Lipinski definition) is 2. The predicted octanol–water partition coefficient (Wildman–Crippen LogP) is 1.91. The first kappa shape index (κ1) is 8.74. The maximum absolute atomic E-state index is 11.2. The minimum absolute atomic E-state index is 0.0281. The molecule has 0 aliphatic rings. The SMILES string of the molecule is CCC(=O)Nc1nccc2cc[nH]c12. The van der Waals surface area contributed by atoms with Crippen LogP contribution in [0.4, 0.5) is 5.82 Å². The Bertz CT molecular complexity index is 461. The number of nitrogens with one attached hydrogen (secondary N) is 2. The van der Waals surface area contributed by atoms with Gasteiger partial charge in [-0.2, -0.15) is 0 Å². The van der Waals surface area contributed by atoms with Crippen molar-refractivity contribution in [1.82, 2.24) is 9.97 Å². The van der Waals surface area contributed by atoms with Crippen molar-refractivity contribution >= 4 is 22.6 Å². The molecule has 0 aromatic carbocycles. The van der Waals surface area contributed by atoms with Crippen LogP contribution in [-0.2, 0) is 4.79 Å². The molecule has 0 radical (unpaired) electrons. The number of anilines is 1. The third-order valence-electron chi connectivity index (χ3n) is 2.05. The van der Waals surface area contributed by atoms with E-state index in [1.165, 1.54) is 0 Å². The summed E-state index contributed by atoms with van der Waals surface area (Å²) in [4.78, 5) is 18.3. The second kappa shape index (κ2) is 3.49. The summed E-state index contributed by atoms with van der Waals surface area (Å²) in [5.41, 5.74) is 0.870. The Morgan fingerprint density at radius 1 is 1.57 bits per heavy atom. The molecule has 0 atom stereocenters. The molecular weight excluding hydrogens is 178 g/mol. The number of aromatic amines is 1. The Morgan fingerprint density at radius 3 is 3.21 bits per heavy atom. The van der Waals surface area contributed by atoms with E-state index in [4.69, 9.17) is 0 Å². The summed E-state index contributed by atoms with van der Waals surface area (Å²) >= 11 is 0. The highest BCUT2D eigenvalue weighted by atomic mass is 16.1. The van der Waals surface area contributed by atoms with Gasteiger partial charge in [-0.1, -0.05) is 6.92 Å². The van der Waals surface area contributed by atoms with E-state index >= 15 is 0 Å². The van der Waals surface area contributed by atoms with E-state index in [1.54, 1.807) is 6.20 Å². The lowest BCUT2D eigenvalue weighted by atomic mass is 10.3. The fourth-order valence-electron chi connectivity index (χ4n) is 1.30. The molecule has 2 aromatic heterocycles. The lowest BCUT2D eigenvalue weighted by molar-refractivity contribution is -0.115. The zero-order valence-electron chi connectivity index (χ0n) is 7.87. The number of carbonyl (C=O) groups excluding carboxylic acids is 1. The predicted molar refractivity (Wildman–Crippen MR) is 55.0 cm³/mol. The maximum atomic E-state index is 11.2. The van der Waals surface area contributed by atoms with Crippen molar-refractivity contribution < 1.29 is 4.79 Å². The number of rotatable bonds is 2. The highest BCUT2D eigenvalue weighted by Crippen LogP contribution is 2.18. The lowest BCUT2D eigenvalue weighted by Crippen LogP contribution is -2.10. The molecule has 72 valence electrons. The zero-order chi connectivity index (χ0) is 9.97. The average molecular weight is 189 g/mol. The van der Waals surface area contributed by atoms with Crippen LogP contribution in [0, 0.1) is 0 Å². The molecule has 2 heterocycles. The summed E-state index contributed by atoms with van der Waals surface area (Å²) in [6, 6.07) is 3.84. The van der Waals surface area contributed by atoms with Gasteiger partial charge in [-0.15, -0.1) is 0 Å². The molecular formula is C10H11N3O. The monoisotopic (exact) mass is 189 g/mol. The zero-order valence-corrected chi connectivity index (χ0v) is 7.87. The van der Waals surface area contributed by atoms with Crippen molar-refractivity contribution in [3.05, 3.63) is 24.5 Å². The number of pyridine rings is 1. The van der Waals surface area contributed by atoms with E-state index in [0.717, 1.165) is 10.9 Å². The summed E-state index contributed by atoms with van der Waals surface area (Å²) in [6.07, 6.45) is 3.97. The van der Waals surface area contributed by atoms with Crippen molar-refractivity contribution in [3.63, 3.8) is 0 Å². The fraction of sp³-hybridized carbons (Fsp3) is 0.200. The minimum atomic E-state index is -0.0281. The van der Waals surface area contributed by atoms with Crippen LogP contribution in [0.5, 0.6) is 0 Å². The van der Waals surface area contributed by atoms with Gasteiger partial charge in [0.05, 0.1) is 5.52 Å². The summed E-state index contributed by atoms with van der Waals surface area (Å²) in [6.45, 7) is 1.81. The molecule has 0 spiro atoms. The van der Waals surface area contributed by atoms with Gasteiger partial charge in [0.1, 0.15) is 0 Å². The Kier molecular flexibility index (Phi) is 2.18. The highest BCUT2D eigenvalue weighted by molar-refractivity contribution is 5.98. The molecule has 0 aliphatic carbocycles. The summed E-state index contributed by atoms with van der Waals surface area (Å²) in [5.74, 6) is 0.568. The van der Waals surface area contributed by atoms with Crippen molar-refractivity contribution in [3.8, 4) is 0 Å². The van der Waals surface area contributed by atoms with Crippen LogP contribution in [0.25, 0.3) is 10.9 Å². The molecule has 0 fully saturated rings. The number of carbonyl (C=O) groups is 1. The van der Waals surface area contributed by atoms with Gasteiger partial charge in [0.25, 0.3) is 0 Å². The standard InChI is InChI=1S/C10H11N3O/c1-2-8(14)13-10-9-7(3-5-11-9)4-6-12-10/h3-6,11H,2H2,1H3,(H,12,13,14). The van der Waals surface area contributed by atoms with Gasteiger partial charge < -0.3 is 10.3 Å². The average Bonchev–Trinajstić information content (AvgIpc) is 2.66. The summed E-state index contributed by atoms with van der Waals surface area (Å²) < 4.78 is 0. The molecule has 4 nitrogen and oxygen atoms in total. The number of amides is 1. The van der Waals surface area contributed by atoms with E-state index < -0.39 is 0 Å². The van der Waals surface area contributed by atoms with Gasteiger partial charge in [-0.3, -0.25) is 4.79 Å². The van der Waals surface area contributed by atoms with Crippen LogP contribution < -0.4 is 5.32 Å². The Balaban J connectivity index is 2.41. The van der Waals surface area contributed by atoms with Crippen LogP contribution in [0.1, 0.15) is 13.3 Å². The highest BCUT2D eigenvalue weighted by Gasteiger charge is 2.05. The molecule has 0 unspecified atom stereocenters. The van der Waals surface area contributed by atoms with Gasteiger partial charge in [-0.05, 0) is 12.1 Å². The topological polar surface area (TPSA) is 57.8 Å². The van der Waals surface area contributed by atoms with Crippen LogP contribution in [0.15, 0.2) is 24.5 Å². The Morgan fingerprint density at radius 2 is 2.43 bits per heavy atom. The summed E-state index contributed by atoms with van der Waals surface area (Å²) in [5, 5.41) is 3.79. The molecule has 2 aromatic rings. The van der Waals surface area contributed by atoms with E-state index in [-0.39, 0.29) is 5.91 Å². The largest absolute Gasteiger partial charge is 0.358 e. The number of H-pyrrole nitrogens is 1. The summed E-state index contributed by atoms with van der Waals surface area (Å²) in [7, 11) is 0. The number of hydrogen-bond donors (Lipinski definition) is 2. The van der Waals surface area contributed by atoms with Crippen molar-refractivity contribution in [2.24, 2.45) is 0 Å². The first-order valence-electron chi connectivity index (χ1n) is 4.53. The molecule has 1 amide bonds. The smallest absolute Gasteiger partial charge is 0.225 e. The normalized spacial score (nSPS) is 10.4. The third kappa shape index (κ3) is 1.46. The number of fused-ring (bicyclic) bond motifs is 1. The van der Waals surface area contributed by atoms with Crippen molar-refractivity contribution in [2.45, 2.75) is 13.3 Å². The first-order chi connectivity index (χ1) is 6.81. The van der Waals surface area contributed by atoms with Crippen LogP contribution in [0.3, 0.4) is 0 Å². The first-order valence-corrected chi connectivity index (χ1v) is 4.53. The van der Waals surface area contributed by atoms with Gasteiger partial charge in [-0.25, -0.2) is 4.98 Å². The third-order valence-corrected chi connectivity index (χ3v) is 2.05. The van der Waals surface area contributed by atoms with Crippen LogP contribution in [0.2, 0.25) is 0 Å². The van der Waals surface area contributed by atoms with Crippen molar-refractivity contribution in [2.75, 3.05) is 5.32 Å². The molecule has 0 bridgehead atoms. The van der Waals surface area contributed by atoms with E-state index in [2.05, 4.69) is 15.3 Å². The maximum Gasteiger partial charge on any atom is 0.225 e. The van der Waals surface area contributed by atoms with Crippen LogP contribution in [-0.4, -0.2) is 15.9 Å². The minimum Gasteiger partial charge on any atom is -0.358 e. The van der Waals surface area contributed by atoms with Gasteiger partial charge in [0.15, 0.2) is 5.82 Å². The quantitative estimate of drug-likeness (QED) is 0.758. The number of nitrogens with zero attached hydrogens (tertiary/aromatic N) is 1. The fourth-order valence-corrected chi connectivity index (χ4v) is 1.30. The molecule has 2 rings (SSSR count). The number of aromatic nitrogens is 2. The molecule has 4 heteroatoms. The molecule has 2 N–H and O–H groups in total. The van der Waals surface area contributed by atoms with Crippen molar-refractivity contribution in [1.29, 1.82) is 0 Å². The van der Waals surface area contributed by atoms with Gasteiger partial charge in [0.2, 0.25) is 5.91 Å². The van der Waals surface area contributed by atoms with E-state index in [0.29, 0.717) is 12.2 Å². The van der Waals surface area contributed by atoms with E-state index in [9.17, 15) is 4.79 Å². The molecule has 14 heavy (non-hydrogen) atoms. The van der Waals surface area contributed by atoms with Gasteiger partial charge in [0, 0.05) is 24.2 Å². The molecule has 0 saturated heterocycles. The second-order valence-corrected chi connectivity index (χ2v) is 3.00.